The van der Waals surface area contributed by atoms with Gasteiger partial charge in [0.25, 0.3) is 0 Å². The van der Waals surface area contributed by atoms with Gasteiger partial charge in [-0.25, -0.2) is 0 Å². The number of nitrogens with one attached hydrogen (secondary N) is 1. The quantitative estimate of drug-likeness (QED) is 0.730. The average molecular weight is 380 g/mol. The Labute approximate surface area is 141 Å². The zero-order valence-corrected chi connectivity index (χ0v) is 14.9. The molecule has 0 radical (unpaired) electrons. The zero-order valence-electron chi connectivity index (χ0n) is 12.5. The highest BCUT2D eigenvalue weighted by atomic mass is 79.9. The first-order valence-corrected chi connectivity index (χ1v) is 7.61. The third-order valence-corrected chi connectivity index (χ3v) is 3.72. The van der Waals surface area contributed by atoms with E-state index in [0.29, 0.717) is 13.0 Å². The number of nitrogens with two attached hydrogens (primary N) is 1. The van der Waals surface area contributed by atoms with E-state index in [-0.39, 0.29) is 30.5 Å². The summed E-state index contributed by atoms with van der Waals surface area (Å²) >= 11 is 3.42. The molecule has 0 aliphatic rings. The Bertz CT molecular complexity index is 411. The van der Waals surface area contributed by atoms with Crippen molar-refractivity contribution in [1.29, 1.82) is 0 Å². The number of carbonyl (C=O) groups is 1. The molecule has 0 heterocycles. The van der Waals surface area contributed by atoms with Crippen LogP contribution in [0.1, 0.15) is 25.3 Å². The predicted octanol–water partition coefficient (Wildman–Crippen LogP) is 2.67. The van der Waals surface area contributed by atoms with Crippen LogP contribution in [0.15, 0.2) is 28.7 Å². The summed E-state index contributed by atoms with van der Waals surface area (Å²) in [6.45, 7) is 2.37. The first-order chi connectivity index (χ1) is 9.55. The van der Waals surface area contributed by atoms with Crippen LogP contribution in [-0.2, 0) is 16.0 Å². The Balaban J connectivity index is 0.00000400. The number of halogens is 2. The van der Waals surface area contributed by atoms with E-state index in [1.54, 1.807) is 7.11 Å². The molecule has 0 bridgehead atoms. The van der Waals surface area contributed by atoms with Gasteiger partial charge in [-0.2, -0.15) is 0 Å². The standard InChI is InChI=1S/C15H23BrN2O2.ClH/c1-11(18-15(19)9-14(10-17)20-2)3-4-12-5-7-13(16)8-6-12;/h5-8,11,14H,3-4,9-10,17H2,1-2H3,(H,18,19);1H. The Morgan fingerprint density at radius 1 is 1.38 bits per heavy atom. The first kappa shape index (κ1) is 20.4. The minimum absolute atomic E-state index is 0. The molecule has 1 rings (SSSR count). The second-order valence-electron chi connectivity index (χ2n) is 4.93. The lowest BCUT2D eigenvalue weighted by Gasteiger charge is -2.17. The van der Waals surface area contributed by atoms with Gasteiger partial charge in [0.1, 0.15) is 0 Å². The molecule has 2 atom stereocenters. The summed E-state index contributed by atoms with van der Waals surface area (Å²) < 4.78 is 6.18. The van der Waals surface area contributed by atoms with Gasteiger partial charge in [0.2, 0.25) is 5.91 Å². The number of aryl methyl sites for hydroxylation is 1. The van der Waals surface area contributed by atoms with Crippen molar-refractivity contribution in [1.82, 2.24) is 5.32 Å². The number of amides is 1. The van der Waals surface area contributed by atoms with Gasteiger partial charge in [-0.15, -0.1) is 12.4 Å². The van der Waals surface area contributed by atoms with Crippen molar-refractivity contribution in [2.24, 2.45) is 5.73 Å². The Morgan fingerprint density at radius 2 is 2.00 bits per heavy atom. The maximum atomic E-state index is 11.8. The highest BCUT2D eigenvalue weighted by Gasteiger charge is 2.13. The van der Waals surface area contributed by atoms with Crippen LogP contribution in [0.25, 0.3) is 0 Å². The van der Waals surface area contributed by atoms with Gasteiger partial charge in [-0.1, -0.05) is 28.1 Å². The highest BCUT2D eigenvalue weighted by Crippen LogP contribution is 2.12. The molecule has 0 saturated carbocycles. The minimum Gasteiger partial charge on any atom is -0.380 e. The fourth-order valence-corrected chi connectivity index (χ4v) is 2.17. The number of hydrogen-bond acceptors (Lipinski definition) is 3. The van der Waals surface area contributed by atoms with E-state index in [9.17, 15) is 4.79 Å². The molecular weight excluding hydrogens is 356 g/mol. The van der Waals surface area contributed by atoms with Crippen molar-refractivity contribution in [2.75, 3.05) is 13.7 Å². The van der Waals surface area contributed by atoms with E-state index in [2.05, 4.69) is 33.4 Å². The van der Waals surface area contributed by atoms with E-state index >= 15 is 0 Å². The second kappa shape index (κ2) is 11.0. The molecule has 0 fully saturated rings. The highest BCUT2D eigenvalue weighted by molar-refractivity contribution is 9.10. The molecule has 0 saturated heterocycles. The summed E-state index contributed by atoms with van der Waals surface area (Å²) in [5.74, 6) is -0.00870. The van der Waals surface area contributed by atoms with Gasteiger partial charge in [0.05, 0.1) is 12.5 Å². The number of hydrogen-bond donors (Lipinski definition) is 2. The molecule has 0 aliphatic carbocycles. The molecule has 0 spiro atoms. The van der Waals surface area contributed by atoms with Gasteiger partial charge in [-0.3, -0.25) is 4.79 Å². The van der Waals surface area contributed by atoms with Crippen molar-refractivity contribution in [2.45, 2.75) is 38.3 Å². The SMILES string of the molecule is COC(CN)CC(=O)NC(C)CCc1ccc(Br)cc1.Cl. The van der Waals surface area contributed by atoms with Crippen molar-refractivity contribution >= 4 is 34.2 Å². The summed E-state index contributed by atoms with van der Waals surface area (Å²) in [6, 6.07) is 8.38. The molecule has 3 N–H and O–H groups in total. The molecule has 1 amide bonds. The Kier molecular flexibility index (Phi) is 10.7. The summed E-state index contributed by atoms with van der Waals surface area (Å²) in [5.41, 5.74) is 6.77. The lowest BCUT2D eigenvalue weighted by molar-refractivity contribution is -0.124. The van der Waals surface area contributed by atoms with Crippen LogP contribution in [0.5, 0.6) is 0 Å². The molecule has 6 heteroatoms. The van der Waals surface area contributed by atoms with E-state index < -0.39 is 0 Å². The van der Waals surface area contributed by atoms with E-state index in [4.69, 9.17) is 10.5 Å². The maximum Gasteiger partial charge on any atom is 0.222 e. The molecular formula is C15H24BrClN2O2. The maximum absolute atomic E-state index is 11.8. The Hall–Kier alpha value is -0.620. The average Bonchev–Trinajstić information content (AvgIpc) is 2.44. The molecule has 0 aliphatic heterocycles. The number of benzene rings is 1. The number of methoxy groups -OCH3 is 1. The Morgan fingerprint density at radius 3 is 2.52 bits per heavy atom. The molecule has 1 aromatic carbocycles. The van der Waals surface area contributed by atoms with Gasteiger partial charge in [0, 0.05) is 24.2 Å². The van der Waals surface area contributed by atoms with E-state index in [0.717, 1.165) is 17.3 Å². The van der Waals surface area contributed by atoms with Crippen LogP contribution in [0, 0.1) is 0 Å². The van der Waals surface area contributed by atoms with Crippen molar-refractivity contribution in [3.63, 3.8) is 0 Å². The third-order valence-electron chi connectivity index (χ3n) is 3.20. The van der Waals surface area contributed by atoms with E-state index in [1.807, 2.05) is 19.1 Å². The zero-order chi connectivity index (χ0) is 15.0. The summed E-state index contributed by atoms with van der Waals surface area (Å²) in [5, 5.41) is 2.98. The monoisotopic (exact) mass is 378 g/mol. The number of carbonyl (C=O) groups excluding carboxylic acids is 1. The fraction of sp³-hybridized carbons (Fsp3) is 0.533. The van der Waals surface area contributed by atoms with Crippen LogP contribution < -0.4 is 11.1 Å². The van der Waals surface area contributed by atoms with Crippen LogP contribution in [0.2, 0.25) is 0 Å². The van der Waals surface area contributed by atoms with Crippen molar-refractivity contribution in [3.05, 3.63) is 34.3 Å². The molecule has 120 valence electrons. The molecule has 4 nitrogen and oxygen atoms in total. The normalized spacial score (nSPS) is 13.1. The molecule has 2 unspecified atom stereocenters. The van der Waals surface area contributed by atoms with Crippen LogP contribution >= 0.6 is 28.3 Å². The van der Waals surface area contributed by atoms with Gasteiger partial charge in [0.15, 0.2) is 0 Å². The smallest absolute Gasteiger partial charge is 0.222 e. The minimum atomic E-state index is -0.200. The fourth-order valence-electron chi connectivity index (χ4n) is 1.91. The first-order valence-electron chi connectivity index (χ1n) is 6.81. The van der Waals surface area contributed by atoms with Crippen molar-refractivity contribution < 1.29 is 9.53 Å². The lowest BCUT2D eigenvalue weighted by Crippen LogP contribution is -2.37. The van der Waals surface area contributed by atoms with Crippen LogP contribution in [0.3, 0.4) is 0 Å². The van der Waals surface area contributed by atoms with E-state index in [1.165, 1.54) is 5.56 Å². The van der Waals surface area contributed by atoms with Gasteiger partial charge >= 0.3 is 0 Å². The van der Waals surface area contributed by atoms with Gasteiger partial charge < -0.3 is 15.8 Å². The second-order valence-corrected chi connectivity index (χ2v) is 5.85. The summed E-state index contributed by atoms with van der Waals surface area (Å²) in [4.78, 5) is 11.8. The predicted molar refractivity (Wildman–Crippen MR) is 91.8 cm³/mol. The summed E-state index contributed by atoms with van der Waals surface area (Å²) in [6.07, 6.45) is 1.97. The van der Waals surface area contributed by atoms with Crippen LogP contribution in [-0.4, -0.2) is 31.7 Å². The molecule has 21 heavy (non-hydrogen) atoms. The number of ether oxygens (including phenoxy) is 1. The lowest BCUT2D eigenvalue weighted by atomic mass is 10.1. The molecule has 1 aromatic rings. The largest absolute Gasteiger partial charge is 0.380 e. The molecule has 0 aromatic heterocycles. The summed E-state index contributed by atoms with van der Waals surface area (Å²) in [7, 11) is 1.57. The van der Waals surface area contributed by atoms with Crippen molar-refractivity contribution in [3.8, 4) is 0 Å². The van der Waals surface area contributed by atoms with Gasteiger partial charge in [-0.05, 0) is 37.5 Å². The number of rotatable bonds is 8. The topological polar surface area (TPSA) is 64.3 Å². The van der Waals surface area contributed by atoms with Crippen LogP contribution in [0.4, 0.5) is 0 Å². The third kappa shape index (κ3) is 8.41.